The number of nitrogens with one attached hydrogen (secondary N) is 2. The van der Waals surface area contributed by atoms with Crippen LogP contribution in [-0.2, 0) is 4.74 Å². The molecule has 1 atom stereocenters. The van der Waals surface area contributed by atoms with Gasteiger partial charge in [-0.3, -0.25) is 0 Å². The molecule has 3 aromatic rings. The molecule has 1 aliphatic carbocycles. The van der Waals surface area contributed by atoms with Crippen molar-refractivity contribution in [1.29, 1.82) is 0 Å². The minimum atomic E-state index is -4.12. The van der Waals surface area contributed by atoms with Crippen LogP contribution in [0.3, 0.4) is 0 Å². The van der Waals surface area contributed by atoms with Gasteiger partial charge in [-0.05, 0) is 42.9 Å². The van der Waals surface area contributed by atoms with Crippen LogP contribution in [0.2, 0.25) is 5.02 Å². The third-order valence-electron chi connectivity index (χ3n) is 6.26. The maximum absolute atomic E-state index is 12.9. The predicted octanol–water partition coefficient (Wildman–Crippen LogP) is 7.33. The standard InChI is InChI=1S/C25H23ClF3N3O/c26-20-14-21-23(32-24(30-21)33-19-12-10-18(11-13-19)25(27,28)29)31-22(20)17-8-6-16(7-9-17)15-4-2-1-3-5-15/h1-9,14,18-19,24,30H,10-13H2,(H,31,32). The Kier molecular flexibility index (Phi) is 5.93. The Morgan fingerprint density at radius 2 is 1.48 bits per heavy atom. The lowest BCUT2D eigenvalue weighted by Crippen LogP contribution is -2.36. The summed E-state index contributed by atoms with van der Waals surface area (Å²) < 4.78 is 44.6. The van der Waals surface area contributed by atoms with E-state index in [2.05, 4.69) is 27.8 Å². The highest BCUT2D eigenvalue weighted by atomic mass is 35.5. The maximum Gasteiger partial charge on any atom is 0.391 e. The van der Waals surface area contributed by atoms with Crippen molar-refractivity contribution in [3.8, 4) is 22.4 Å². The summed E-state index contributed by atoms with van der Waals surface area (Å²) in [6, 6.07) is 19.9. The zero-order chi connectivity index (χ0) is 23.0. The third-order valence-corrected chi connectivity index (χ3v) is 6.55. The van der Waals surface area contributed by atoms with E-state index < -0.39 is 18.4 Å². The van der Waals surface area contributed by atoms with Gasteiger partial charge in [0, 0.05) is 5.56 Å². The molecule has 1 aromatic heterocycles. The molecule has 172 valence electrons. The number of anilines is 2. The highest BCUT2D eigenvalue weighted by Gasteiger charge is 2.42. The van der Waals surface area contributed by atoms with E-state index in [1.54, 1.807) is 6.07 Å². The monoisotopic (exact) mass is 473 g/mol. The summed E-state index contributed by atoms with van der Waals surface area (Å²) in [7, 11) is 0. The van der Waals surface area contributed by atoms with Crippen molar-refractivity contribution in [1.82, 2.24) is 4.98 Å². The normalized spacial score (nSPS) is 22.4. The van der Waals surface area contributed by atoms with Crippen molar-refractivity contribution in [3.05, 3.63) is 65.7 Å². The maximum atomic E-state index is 12.9. The molecule has 8 heteroatoms. The van der Waals surface area contributed by atoms with Crippen LogP contribution in [0.4, 0.5) is 24.7 Å². The summed E-state index contributed by atoms with van der Waals surface area (Å²) in [5.41, 5.74) is 4.48. The lowest BCUT2D eigenvalue weighted by molar-refractivity contribution is -0.188. The molecule has 0 amide bonds. The molecule has 0 spiro atoms. The van der Waals surface area contributed by atoms with Crippen LogP contribution in [0.5, 0.6) is 0 Å². The van der Waals surface area contributed by atoms with Crippen molar-refractivity contribution in [2.75, 3.05) is 10.6 Å². The first kappa shape index (κ1) is 22.0. The Morgan fingerprint density at radius 3 is 2.15 bits per heavy atom. The molecular formula is C25H23ClF3N3O. The average molecular weight is 474 g/mol. The number of rotatable bonds is 4. The van der Waals surface area contributed by atoms with Crippen LogP contribution in [0.1, 0.15) is 25.7 Å². The third kappa shape index (κ3) is 4.80. The van der Waals surface area contributed by atoms with Crippen LogP contribution >= 0.6 is 11.6 Å². The van der Waals surface area contributed by atoms with Crippen molar-refractivity contribution in [2.24, 2.45) is 5.92 Å². The fraction of sp³-hybridized carbons (Fsp3) is 0.320. The Bertz CT molecular complexity index is 1110. The zero-order valence-electron chi connectivity index (χ0n) is 17.7. The minimum absolute atomic E-state index is 0.0983. The molecule has 1 saturated carbocycles. The second kappa shape index (κ2) is 8.88. The van der Waals surface area contributed by atoms with Crippen LogP contribution in [0.15, 0.2) is 60.7 Å². The summed E-state index contributed by atoms with van der Waals surface area (Å²) >= 11 is 6.52. The molecule has 1 unspecified atom stereocenters. The molecule has 4 nitrogen and oxygen atoms in total. The summed E-state index contributed by atoms with van der Waals surface area (Å²) in [5.74, 6) is -0.620. The second-order valence-corrected chi connectivity index (χ2v) is 8.89. The molecule has 2 N–H and O–H groups in total. The Labute approximate surface area is 195 Å². The van der Waals surface area contributed by atoms with Gasteiger partial charge in [-0.2, -0.15) is 13.2 Å². The van der Waals surface area contributed by atoms with E-state index >= 15 is 0 Å². The zero-order valence-corrected chi connectivity index (χ0v) is 18.5. The molecule has 2 heterocycles. The lowest BCUT2D eigenvalue weighted by Gasteiger charge is -2.31. The number of fused-ring (bicyclic) bond motifs is 1. The smallest absolute Gasteiger partial charge is 0.340 e. The number of hydrogen-bond acceptors (Lipinski definition) is 4. The molecule has 33 heavy (non-hydrogen) atoms. The molecule has 0 saturated heterocycles. The van der Waals surface area contributed by atoms with E-state index in [0.717, 1.165) is 16.7 Å². The topological polar surface area (TPSA) is 46.2 Å². The van der Waals surface area contributed by atoms with E-state index in [9.17, 15) is 13.2 Å². The summed E-state index contributed by atoms with van der Waals surface area (Å²) in [6.07, 6.45) is -3.94. The largest absolute Gasteiger partial charge is 0.391 e. The van der Waals surface area contributed by atoms with E-state index in [1.807, 2.05) is 42.5 Å². The SMILES string of the molecule is FC(F)(F)C1CCC(OC2Nc3cc(Cl)c(-c4ccc(-c5ccccc5)cc4)nc3N2)CC1. The summed E-state index contributed by atoms with van der Waals surface area (Å²) in [6.45, 7) is 0. The number of hydrogen-bond donors (Lipinski definition) is 2. The first-order valence-electron chi connectivity index (χ1n) is 11.0. The molecule has 2 aliphatic rings. The number of benzene rings is 2. The molecular weight excluding hydrogens is 451 g/mol. The van der Waals surface area contributed by atoms with Gasteiger partial charge in [0.2, 0.25) is 6.35 Å². The van der Waals surface area contributed by atoms with Gasteiger partial charge in [0.25, 0.3) is 0 Å². The van der Waals surface area contributed by atoms with E-state index in [4.69, 9.17) is 16.3 Å². The minimum Gasteiger partial charge on any atom is -0.340 e. The highest BCUT2D eigenvalue weighted by molar-refractivity contribution is 6.33. The van der Waals surface area contributed by atoms with Gasteiger partial charge < -0.3 is 15.4 Å². The second-order valence-electron chi connectivity index (χ2n) is 8.48. The molecule has 0 bridgehead atoms. The van der Waals surface area contributed by atoms with Gasteiger partial charge in [0.1, 0.15) is 0 Å². The molecule has 1 fully saturated rings. The van der Waals surface area contributed by atoms with Gasteiger partial charge in [-0.1, -0.05) is 66.2 Å². The van der Waals surface area contributed by atoms with Crippen molar-refractivity contribution in [3.63, 3.8) is 0 Å². The quantitative estimate of drug-likeness (QED) is 0.416. The Morgan fingerprint density at radius 1 is 0.848 bits per heavy atom. The number of aromatic nitrogens is 1. The number of nitrogens with zero attached hydrogens (tertiary/aromatic N) is 1. The Balaban J connectivity index is 1.26. The van der Waals surface area contributed by atoms with Crippen molar-refractivity contribution < 1.29 is 17.9 Å². The molecule has 0 radical (unpaired) electrons. The predicted molar refractivity (Wildman–Crippen MR) is 124 cm³/mol. The Hall–Kier alpha value is -2.77. The number of ether oxygens (including phenoxy) is 1. The van der Waals surface area contributed by atoms with Gasteiger partial charge in [-0.15, -0.1) is 0 Å². The highest BCUT2D eigenvalue weighted by Crippen LogP contribution is 2.40. The average Bonchev–Trinajstić information content (AvgIpc) is 3.20. The fourth-order valence-corrected chi connectivity index (χ4v) is 4.71. The summed E-state index contributed by atoms with van der Waals surface area (Å²) in [5, 5.41) is 6.85. The number of halogens is 4. The van der Waals surface area contributed by atoms with E-state index in [-0.39, 0.29) is 18.9 Å². The van der Waals surface area contributed by atoms with Crippen LogP contribution in [0.25, 0.3) is 22.4 Å². The molecule has 2 aromatic carbocycles. The number of alkyl halides is 3. The van der Waals surface area contributed by atoms with Crippen molar-refractivity contribution >= 4 is 23.1 Å². The first-order valence-corrected chi connectivity index (χ1v) is 11.4. The van der Waals surface area contributed by atoms with Gasteiger partial charge >= 0.3 is 6.18 Å². The lowest BCUT2D eigenvalue weighted by atomic mass is 9.87. The van der Waals surface area contributed by atoms with Crippen LogP contribution in [-0.4, -0.2) is 23.6 Å². The molecule has 1 aliphatic heterocycles. The van der Waals surface area contributed by atoms with Gasteiger partial charge in [0.15, 0.2) is 5.82 Å². The van der Waals surface area contributed by atoms with E-state index in [1.165, 1.54) is 0 Å². The van der Waals surface area contributed by atoms with Crippen LogP contribution in [0, 0.1) is 5.92 Å². The summed E-state index contributed by atoms with van der Waals surface area (Å²) in [4.78, 5) is 4.68. The van der Waals surface area contributed by atoms with Gasteiger partial charge in [0.05, 0.1) is 28.4 Å². The number of pyridine rings is 1. The first-order chi connectivity index (χ1) is 15.9. The van der Waals surface area contributed by atoms with E-state index in [0.29, 0.717) is 35.1 Å². The fourth-order valence-electron chi connectivity index (χ4n) is 4.45. The van der Waals surface area contributed by atoms with Crippen molar-refractivity contribution in [2.45, 2.75) is 44.3 Å². The van der Waals surface area contributed by atoms with Gasteiger partial charge in [-0.25, -0.2) is 4.98 Å². The molecule has 5 rings (SSSR count). The van der Waals surface area contributed by atoms with Crippen LogP contribution < -0.4 is 10.6 Å².